The van der Waals surface area contributed by atoms with Gasteiger partial charge < -0.3 is 15.1 Å². The molecular weight excluding hydrogens is 249 g/mol. The average molecular weight is 269 g/mol. The molecule has 0 aliphatic carbocycles. The van der Waals surface area contributed by atoms with Crippen molar-refractivity contribution >= 4 is 5.82 Å². The maximum Gasteiger partial charge on any atom is 0.171 e. The van der Waals surface area contributed by atoms with Crippen molar-refractivity contribution in [1.82, 2.24) is 9.88 Å². The predicted octanol–water partition coefficient (Wildman–Crippen LogP) is 0.217. The molecule has 0 bridgehead atoms. The molecule has 5 nitrogen and oxygen atoms in total. The summed E-state index contributed by atoms with van der Waals surface area (Å²) in [4.78, 5) is 8.16. The lowest BCUT2D eigenvalue weighted by molar-refractivity contribution is 0.204. The van der Waals surface area contributed by atoms with Crippen LogP contribution in [0.4, 0.5) is 10.2 Å². The number of halogens is 1. The van der Waals surface area contributed by atoms with Gasteiger partial charge in [-0.3, -0.25) is 4.90 Å². The Balaban J connectivity index is 2.10. The summed E-state index contributed by atoms with van der Waals surface area (Å²) in [6.07, 6.45) is 2.44. The van der Waals surface area contributed by atoms with Crippen LogP contribution >= 0.6 is 0 Å². The van der Waals surface area contributed by atoms with E-state index < -0.39 is 5.82 Å². The van der Waals surface area contributed by atoms with Crippen molar-refractivity contribution in [2.75, 3.05) is 44.2 Å². The first-order valence-electron chi connectivity index (χ1n) is 6.58. The zero-order valence-corrected chi connectivity index (χ0v) is 10.9. The highest BCUT2D eigenvalue weighted by Gasteiger charge is 2.19. The molecule has 2 rings (SSSR count). The van der Waals surface area contributed by atoms with Gasteiger partial charge in [-0.05, 0) is 19.0 Å². The van der Waals surface area contributed by atoms with Crippen LogP contribution < -0.4 is 4.90 Å². The standard InChI is InChI=1S/C13H20FN3O2/c14-12-11(10-19)2-3-15-13(12)17-5-1-4-16(6-7-17)8-9-18/h2-3,18-19H,1,4-10H2. The van der Waals surface area contributed by atoms with Crippen molar-refractivity contribution < 1.29 is 14.6 Å². The van der Waals surface area contributed by atoms with Crippen molar-refractivity contribution in [2.24, 2.45) is 0 Å². The van der Waals surface area contributed by atoms with Crippen LogP contribution in [0.5, 0.6) is 0 Å². The van der Waals surface area contributed by atoms with Crippen LogP contribution in [0.2, 0.25) is 0 Å². The monoisotopic (exact) mass is 269 g/mol. The van der Waals surface area contributed by atoms with E-state index in [4.69, 9.17) is 10.2 Å². The minimum Gasteiger partial charge on any atom is -0.395 e. The summed E-state index contributed by atoms with van der Waals surface area (Å²) >= 11 is 0. The van der Waals surface area contributed by atoms with Crippen molar-refractivity contribution in [3.63, 3.8) is 0 Å². The number of anilines is 1. The Bertz CT molecular complexity index is 417. The summed E-state index contributed by atoms with van der Waals surface area (Å²) < 4.78 is 14.1. The van der Waals surface area contributed by atoms with Gasteiger partial charge in [0.2, 0.25) is 0 Å². The number of rotatable bonds is 4. The molecule has 1 aliphatic rings. The highest BCUT2D eigenvalue weighted by atomic mass is 19.1. The first kappa shape index (κ1) is 14.2. The van der Waals surface area contributed by atoms with E-state index >= 15 is 0 Å². The van der Waals surface area contributed by atoms with Crippen LogP contribution in [0.25, 0.3) is 0 Å². The minimum absolute atomic E-state index is 0.145. The molecular formula is C13H20FN3O2. The maximum atomic E-state index is 14.1. The third-order valence-electron chi connectivity index (χ3n) is 3.43. The minimum atomic E-state index is -0.430. The van der Waals surface area contributed by atoms with Crippen LogP contribution in [0.1, 0.15) is 12.0 Å². The second-order valence-corrected chi connectivity index (χ2v) is 4.67. The molecule has 1 aliphatic heterocycles. The van der Waals surface area contributed by atoms with Crippen LogP contribution in [-0.2, 0) is 6.61 Å². The molecule has 0 amide bonds. The second kappa shape index (κ2) is 6.79. The van der Waals surface area contributed by atoms with Gasteiger partial charge in [0, 0.05) is 37.9 Å². The lowest BCUT2D eigenvalue weighted by Crippen LogP contribution is -2.33. The Morgan fingerprint density at radius 1 is 1.21 bits per heavy atom. The summed E-state index contributed by atoms with van der Waals surface area (Å²) in [6, 6.07) is 1.49. The third-order valence-corrected chi connectivity index (χ3v) is 3.43. The molecule has 0 atom stereocenters. The molecule has 19 heavy (non-hydrogen) atoms. The van der Waals surface area contributed by atoms with E-state index in [1.54, 1.807) is 0 Å². The zero-order valence-electron chi connectivity index (χ0n) is 10.9. The molecule has 1 fully saturated rings. The molecule has 0 unspecified atom stereocenters. The molecule has 0 spiro atoms. The van der Waals surface area contributed by atoms with E-state index in [0.29, 0.717) is 18.9 Å². The second-order valence-electron chi connectivity index (χ2n) is 4.67. The fraction of sp³-hybridized carbons (Fsp3) is 0.615. The number of aliphatic hydroxyl groups excluding tert-OH is 2. The first-order chi connectivity index (χ1) is 9.26. The Hall–Kier alpha value is -1.24. The zero-order chi connectivity index (χ0) is 13.7. The van der Waals surface area contributed by atoms with Crippen molar-refractivity contribution in [1.29, 1.82) is 0 Å². The Morgan fingerprint density at radius 2 is 2.05 bits per heavy atom. The van der Waals surface area contributed by atoms with E-state index in [0.717, 1.165) is 26.1 Å². The SMILES string of the molecule is OCCN1CCCN(c2nccc(CO)c2F)CC1. The largest absolute Gasteiger partial charge is 0.395 e. The van der Waals surface area contributed by atoms with E-state index in [1.165, 1.54) is 12.3 Å². The van der Waals surface area contributed by atoms with E-state index in [1.807, 2.05) is 4.90 Å². The molecule has 1 aromatic heterocycles. The summed E-state index contributed by atoms with van der Waals surface area (Å²) in [5.41, 5.74) is 0.279. The Labute approximate surface area is 112 Å². The smallest absolute Gasteiger partial charge is 0.171 e. The molecule has 0 aromatic carbocycles. The van der Waals surface area contributed by atoms with Crippen molar-refractivity contribution in [3.8, 4) is 0 Å². The first-order valence-corrected chi connectivity index (χ1v) is 6.58. The highest BCUT2D eigenvalue weighted by Crippen LogP contribution is 2.20. The van der Waals surface area contributed by atoms with Crippen LogP contribution in [0.15, 0.2) is 12.3 Å². The summed E-state index contributed by atoms with van der Waals surface area (Å²) in [6.45, 7) is 3.59. The molecule has 2 heterocycles. The molecule has 0 saturated carbocycles. The molecule has 106 valence electrons. The summed E-state index contributed by atoms with van der Waals surface area (Å²) in [5, 5.41) is 18.0. The van der Waals surface area contributed by atoms with Crippen molar-refractivity contribution in [3.05, 3.63) is 23.6 Å². The maximum absolute atomic E-state index is 14.1. The predicted molar refractivity (Wildman–Crippen MR) is 70.5 cm³/mol. The van der Waals surface area contributed by atoms with Gasteiger partial charge >= 0.3 is 0 Å². The number of hydrogen-bond donors (Lipinski definition) is 2. The quantitative estimate of drug-likeness (QED) is 0.819. The van der Waals surface area contributed by atoms with Gasteiger partial charge in [-0.2, -0.15) is 0 Å². The molecule has 6 heteroatoms. The molecule has 2 N–H and O–H groups in total. The number of pyridine rings is 1. The number of hydrogen-bond acceptors (Lipinski definition) is 5. The van der Waals surface area contributed by atoms with Gasteiger partial charge in [-0.1, -0.05) is 0 Å². The van der Waals surface area contributed by atoms with Crippen LogP contribution in [0, 0.1) is 5.82 Å². The topological polar surface area (TPSA) is 59.8 Å². The van der Waals surface area contributed by atoms with Gasteiger partial charge in [-0.25, -0.2) is 9.37 Å². The van der Waals surface area contributed by atoms with Gasteiger partial charge in [0.15, 0.2) is 11.6 Å². The van der Waals surface area contributed by atoms with Gasteiger partial charge in [-0.15, -0.1) is 0 Å². The van der Waals surface area contributed by atoms with Crippen LogP contribution in [-0.4, -0.2) is 59.4 Å². The van der Waals surface area contributed by atoms with Crippen LogP contribution in [0.3, 0.4) is 0 Å². The molecule has 0 radical (unpaired) electrons. The fourth-order valence-corrected chi connectivity index (χ4v) is 2.36. The van der Waals surface area contributed by atoms with Gasteiger partial charge in [0.1, 0.15) is 0 Å². The number of aromatic nitrogens is 1. The lowest BCUT2D eigenvalue weighted by Gasteiger charge is -2.23. The average Bonchev–Trinajstić information content (AvgIpc) is 2.65. The lowest BCUT2D eigenvalue weighted by atomic mass is 10.2. The van der Waals surface area contributed by atoms with E-state index in [-0.39, 0.29) is 18.8 Å². The third kappa shape index (κ3) is 3.40. The Morgan fingerprint density at radius 3 is 2.79 bits per heavy atom. The number of nitrogens with zero attached hydrogens (tertiary/aromatic N) is 3. The highest BCUT2D eigenvalue weighted by molar-refractivity contribution is 5.43. The molecule has 1 aromatic rings. The van der Waals surface area contributed by atoms with E-state index in [2.05, 4.69) is 9.88 Å². The fourth-order valence-electron chi connectivity index (χ4n) is 2.36. The molecule has 1 saturated heterocycles. The van der Waals surface area contributed by atoms with Gasteiger partial charge in [0.05, 0.1) is 13.2 Å². The summed E-state index contributed by atoms with van der Waals surface area (Å²) in [7, 11) is 0. The normalized spacial score (nSPS) is 17.5. The number of aliphatic hydroxyl groups is 2. The Kier molecular flexibility index (Phi) is 5.07. The van der Waals surface area contributed by atoms with Crippen molar-refractivity contribution in [2.45, 2.75) is 13.0 Å². The number of β-amino-alcohol motifs (C(OH)–C–C–N with tert-alkyl or cyclic N) is 1. The summed E-state index contributed by atoms with van der Waals surface area (Å²) in [5.74, 6) is -0.113. The van der Waals surface area contributed by atoms with Gasteiger partial charge in [0.25, 0.3) is 0 Å². The van der Waals surface area contributed by atoms with E-state index in [9.17, 15) is 4.39 Å².